The summed E-state index contributed by atoms with van der Waals surface area (Å²) in [5.41, 5.74) is 3.58. The fraction of sp³-hybridized carbons (Fsp3) is 0.167. The van der Waals surface area contributed by atoms with Gasteiger partial charge in [-0.3, -0.25) is 10.1 Å². The quantitative estimate of drug-likeness (QED) is 0.320. The molecule has 0 bridgehead atoms. The third-order valence-corrected chi connectivity index (χ3v) is 6.83. The second kappa shape index (κ2) is 8.76. The van der Waals surface area contributed by atoms with Crippen LogP contribution >= 0.6 is 22.7 Å². The maximum atomic E-state index is 13.4. The van der Waals surface area contributed by atoms with E-state index in [1.54, 1.807) is 24.6 Å². The second-order valence-electron chi connectivity index (χ2n) is 7.64. The standard InChI is InChI=1S/C24H21N5O2S2/c1-14(2)29-22-17(12-25-29)16(11-18(26-22)21-9-6-10-32-21)23(30)28-24-27-19(13-33-24)15-7-4-5-8-20(15)31-3/h4-14H,1-3H3,(H,27,28,30). The van der Waals surface area contributed by atoms with Crippen molar-refractivity contribution in [2.24, 2.45) is 0 Å². The van der Waals surface area contributed by atoms with Crippen LogP contribution in [0, 0.1) is 0 Å². The van der Waals surface area contributed by atoms with Gasteiger partial charge in [0.05, 0.1) is 40.5 Å². The molecule has 9 heteroatoms. The number of hydrogen-bond acceptors (Lipinski definition) is 7. The third-order valence-electron chi connectivity index (χ3n) is 5.18. The Labute approximate surface area is 198 Å². The maximum absolute atomic E-state index is 13.4. The van der Waals surface area contributed by atoms with Crippen molar-refractivity contribution in [1.29, 1.82) is 0 Å². The molecule has 0 atom stereocenters. The van der Waals surface area contributed by atoms with Gasteiger partial charge in [0.15, 0.2) is 10.8 Å². The first-order chi connectivity index (χ1) is 16.0. The van der Waals surface area contributed by atoms with Crippen LogP contribution in [-0.2, 0) is 0 Å². The molecule has 0 aliphatic rings. The molecule has 4 heterocycles. The molecule has 0 unspecified atom stereocenters. The van der Waals surface area contributed by atoms with Crippen LogP contribution in [-0.4, -0.2) is 32.8 Å². The first-order valence-corrected chi connectivity index (χ1v) is 12.1. The first-order valence-electron chi connectivity index (χ1n) is 10.4. The van der Waals surface area contributed by atoms with Crippen LogP contribution in [0.2, 0.25) is 0 Å². The number of pyridine rings is 1. The zero-order chi connectivity index (χ0) is 22.9. The number of fused-ring (bicyclic) bond motifs is 1. The molecule has 33 heavy (non-hydrogen) atoms. The van der Waals surface area contributed by atoms with Gasteiger partial charge in [-0.1, -0.05) is 18.2 Å². The minimum atomic E-state index is -0.246. The lowest BCUT2D eigenvalue weighted by Gasteiger charge is -2.10. The van der Waals surface area contributed by atoms with Gasteiger partial charge in [0.1, 0.15) is 5.75 Å². The number of carbonyl (C=O) groups is 1. The molecule has 5 aromatic rings. The molecule has 0 saturated heterocycles. The number of para-hydroxylation sites is 1. The van der Waals surface area contributed by atoms with E-state index in [-0.39, 0.29) is 11.9 Å². The lowest BCUT2D eigenvalue weighted by Crippen LogP contribution is -2.13. The van der Waals surface area contributed by atoms with E-state index in [4.69, 9.17) is 9.72 Å². The summed E-state index contributed by atoms with van der Waals surface area (Å²) in [5.74, 6) is 0.489. The number of anilines is 1. The number of amides is 1. The molecule has 0 saturated carbocycles. The Morgan fingerprint density at radius 1 is 1.09 bits per heavy atom. The van der Waals surface area contributed by atoms with E-state index in [0.717, 1.165) is 27.6 Å². The van der Waals surface area contributed by atoms with Gasteiger partial charge >= 0.3 is 0 Å². The summed E-state index contributed by atoms with van der Waals surface area (Å²) < 4.78 is 7.28. The average Bonchev–Trinajstić information content (AvgIpc) is 3.58. The molecule has 0 aliphatic heterocycles. The van der Waals surface area contributed by atoms with Crippen molar-refractivity contribution in [2.75, 3.05) is 12.4 Å². The average molecular weight is 476 g/mol. The molecular weight excluding hydrogens is 454 g/mol. The van der Waals surface area contributed by atoms with Crippen LogP contribution in [0.5, 0.6) is 5.75 Å². The maximum Gasteiger partial charge on any atom is 0.258 e. The fourth-order valence-corrected chi connectivity index (χ4v) is 5.00. The Hall–Kier alpha value is -3.56. The lowest BCUT2D eigenvalue weighted by atomic mass is 10.1. The molecule has 1 amide bonds. The van der Waals surface area contributed by atoms with Gasteiger partial charge in [0.25, 0.3) is 5.91 Å². The zero-order valence-electron chi connectivity index (χ0n) is 18.3. The Bertz CT molecular complexity index is 1440. The molecule has 4 aromatic heterocycles. The molecule has 5 rings (SSSR count). The summed E-state index contributed by atoms with van der Waals surface area (Å²) in [6.07, 6.45) is 1.71. The van der Waals surface area contributed by atoms with E-state index >= 15 is 0 Å². The van der Waals surface area contributed by atoms with Gasteiger partial charge in [-0.05, 0) is 43.5 Å². The molecule has 7 nitrogen and oxygen atoms in total. The number of thiazole rings is 1. The minimum Gasteiger partial charge on any atom is -0.496 e. The minimum absolute atomic E-state index is 0.117. The van der Waals surface area contributed by atoms with E-state index < -0.39 is 0 Å². The van der Waals surface area contributed by atoms with E-state index in [9.17, 15) is 4.79 Å². The summed E-state index contributed by atoms with van der Waals surface area (Å²) >= 11 is 2.96. The van der Waals surface area contributed by atoms with Crippen LogP contribution in [0.1, 0.15) is 30.2 Å². The number of nitrogens with one attached hydrogen (secondary N) is 1. The number of methoxy groups -OCH3 is 1. The number of ether oxygens (including phenoxy) is 1. The number of aromatic nitrogens is 4. The topological polar surface area (TPSA) is 81.9 Å². The van der Waals surface area contributed by atoms with Crippen molar-refractivity contribution in [3.8, 4) is 27.6 Å². The van der Waals surface area contributed by atoms with E-state index in [1.165, 1.54) is 11.3 Å². The van der Waals surface area contributed by atoms with E-state index in [0.29, 0.717) is 21.7 Å². The van der Waals surface area contributed by atoms with Crippen molar-refractivity contribution in [3.05, 3.63) is 65.0 Å². The highest BCUT2D eigenvalue weighted by molar-refractivity contribution is 7.14. The molecule has 0 fully saturated rings. The highest BCUT2D eigenvalue weighted by Crippen LogP contribution is 2.33. The van der Waals surface area contributed by atoms with Gasteiger partial charge in [0, 0.05) is 17.0 Å². The van der Waals surface area contributed by atoms with Crippen molar-refractivity contribution in [1.82, 2.24) is 19.7 Å². The predicted molar refractivity (Wildman–Crippen MR) is 133 cm³/mol. The largest absolute Gasteiger partial charge is 0.496 e. The third kappa shape index (κ3) is 4.01. The van der Waals surface area contributed by atoms with Crippen LogP contribution in [0.15, 0.2) is 59.4 Å². The van der Waals surface area contributed by atoms with E-state index in [1.807, 2.05) is 71.8 Å². The Morgan fingerprint density at radius 3 is 2.70 bits per heavy atom. The molecule has 1 aromatic carbocycles. The number of benzene rings is 1. The van der Waals surface area contributed by atoms with Crippen LogP contribution in [0.25, 0.3) is 32.9 Å². The molecule has 0 radical (unpaired) electrons. The molecule has 1 N–H and O–H groups in total. The summed E-state index contributed by atoms with van der Waals surface area (Å²) in [6.45, 7) is 4.08. The number of nitrogens with zero attached hydrogens (tertiary/aromatic N) is 4. The summed E-state index contributed by atoms with van der Waals surface area (Å²) in [5, 5.41) is 12.6. The molecule has 0 aliphatic carbocycles. The van der Waals surface area contributed by atoms with Gasteiger partial charge < -0.3 is 4.74 Å². The Balaban J connectivity index is 1.52. The van der Waals surface area contributed by atoms with Crippen LogP contribution < -0.4 is 10.1 Å². The Kier molecular flexibility index (Phi) is 5.65. The summed E-state index contributed by atoms with van der Waals surface area (Å²) in [7, 11) is 1.63. The SMILES string of the molecule is COc1ccccc1-c1csc(NC(=O)c2cc(-c3cccs3)nc3c2cnn3C(C)C)n1. The van der Waals surface area contributed by atoms with Gasteiger partial charge in [0.2, 0.25) is 0 Å². The van der Waals surface area contributed by atoms with Crippen LogP contribution in [0.3, 0.4) is 0 Å². The van der Waals surface area contributed by atoms with Crippen molar-refractivity contribution in [2.45, 2.75) is 19.9 Å². The van der Waals surface area contributed by atoms with Crippen molar-refractivity contribution < 1.29 is 9.53 Å². The van der Waals surface area contributed by atoms with E-state index in [2.05, 4.69) is 15.4 Å². The monoisotopic (exact) mass is 475 g/mol. The van der Waals surface area contributed by atoms with Gasteiger partial charge in [-0.25, -0.2) is 14.6 Å². The van der Waals surface area contributed by atoms with Crippen LogP contribution in [0.4, 0.5) is 5.13 Å². The van der Waals surface area contributed by atoms with Crippen molar-refractivity contribution in [3.63, 3.8) is 0 Å². The lowest BCUT2D eigenvalue weighted by molar-refractivity contribution is 0.102. The number of carbonyl (C=O) groups excluding carboxylic acids is 1. The summed E-state index contributed by atoms with van der Waals surface area (Å²) in [6, 6.07) is 13.6. The fourth-order valence-electron chi connectivity index (χ4n) is 3.61. The normalized spacial score (nSPS) is 11.3. The summed E-state index contributed by atoms with van der Waals surface area (Å²) in [4.78, 5) is 23.8. The highest BCUT2D eigenvalue weighted by Gasteiger charge is 2.20. The van der Waals surface area contributed by atoms with Gasteiger partial charge in [-0.15, -0.1) is 22.7 Å². The smallest absolute Gasteiger partial charge is 0.258 e. The first kappa shape index (κ1) is 21.3. The zero-order valence-corrected chi connectivity index (χ0v) is 19.9. The number of rotatable bonds is 6. The number of hydrogen-bond donors (Lipinski definition) is 1. The van der Waals surface area contributed by atoms with Crippen molar-refractivity contribution >= 4 is 44.7 Å². The molecule has 166 valence electrons. The predicted octanol–water partition coefficient (Wildman–Crippen LogP) is 6.13. The highest BCUT2D eigenvalue weighted by atomic mass is 32.1. The molecular formula is C24H21N5O2S2. The number of thiophene rings is 1. The second-order valence-corrected chi connectivity index (χ2v) is 9.45. The Morgan fingerprint density at radius 2 is 1.94 bits per heavy atom. The molecule has 0 spiro atoms. The van der Waals surface area contributed by atoms with Gasteiger partial charge in [-0.2, -0.15) is 5.10 Å².